The molecular formula is C23H19BrN2O3. The minimum Gasteiger partial charge on any atom is -0.488 e. The first-order chi connectivity index (χ1) is 14.1. The second-order valence-electron chi connectivity index (χ2n) is 7.69. The van der Waals surface area contributed by atoms with Crippen molar-refractivity contribution in [1.82, 2.24) is 5.01 Å². The van der Waals surface area contributed by atoms with E-state index in [1.165, 1.54) is 6.21 Å². The monoisotopic (exact) mass is 450 g/mol. The highest BCUT2D eigenvalue weighted by Gasteiger charge is 2.59. The van der Waals surface area contributed by atoms with Crippen LogP contribution in [0.2, 0.25) is 0 Å². The van der Waals surface area contributed by atoms with Gasteiger partial charge in [0.2, 0.25) is 0 Å². The van der Waals surface area contributed by atoms with Crippen LogP contribution in [0, 0.1) is 23.7 Å². The molecular weight excluding hydrogens is 432 g/mol. The van der Waals surface area contributed by atoms with Crippen molar-refractivity contribution in [1.29, 1.82) is 0 Å². The van der Waals surface area contributed by atoms with E-state index in [9.17, 15) is 9.59 Å². The van der Waals surface area contributed by atoms with Crippen molar-refractivity contribution in [3.8, 4) is 5.75 Å². The molecule has 2 fully saturated rings. The van der Waals surface area contributed by atoms with Crippen LogP contribution in [0.3, 0.4) is 0 Å². The number of amides is 2. The summed E-state index contributed by atoms with van der Waals surface area (Å²) in [6, 6.07) is 15.5. The highest BCUT2D eigenvalue weighted by Crippen LogP contribution is 2.52. The number of fused-ring (bicyclic) bond motifs is 5. The topological polar surface area (TPSA) is 59.0 Å². The van der Waals surface area contributed by atoms with Crippen molar-refractivity contribution in [3.05, 3.63) is 76.3 Å². The zero-order valence-corrected chi connectivity index (χ0v) is 17.2. The van der Waals surface area contributed by atoms with Gasteiger partial charge in [-0.05, 0) is 42.0 Å². The Balaban J connectivity index is 1.36. The van der Waals surface area contributed by atoms with Gasteiger partial charge in [0.15, 0.2) is 0 Å². The molecule has 2 bridgehead atoms. The maximum Gasteiger partial charge on any atom is 0.254 e. The van der Waals surface area contributed by atoms with E-state index in [-0.39, 0.29) is 35.5 Å². The van der Waals surface area contributed by atoms with Crippen molar-refractivity contribution in [3.63, 3.8) is 0 Å². The summed E-state index contributed by atoms with van der Waals surface area (Å²) in [7, 11) is 0. The van der Waals surface area contributed by atoms with E-state index in [2.05, 4.69) is 33.2 Å². The molecule has 0 spiro atoms. The van der Waals surface area contributed by atoms with Gasteiger partial charge in [0.1, 0.15) is 12.4 Å². The Hall–Kier alpha value is -2.73. The molecule has 29 heavy (non-hydrogen) atoms. The largest absolute Gasteiger partial charge is 0.488 e. The molecule has 2 amide bonds. The minimum absolute atomic E-state index is 0.178. The van der Waals surface area contributed by atoms with Crippen molar-refractivity contribution in [2.24, 2.45) is 28.8 Å². The molecule has 6 heteroatoms. The summed E-state index contributed by atoms with van der Waals surface area (Å²) in [5, 5.41) is 5.33. The number of ether oxygens (including phenoxy) is 1. The molecule has 1 heterocycles. The van der Waals surface area contributed by atoms with Crippen LogP contribution >= 0.6 is 15.9 Å². The molecule has 5 nitrogen and oxygen atoms in total. The molecule has 0 aromatic heterocycles. The van der Waals surface area contributed by atoms with Crippen molar-refractivity contribution >= 4 is 34.0 Å². The van der Waals surface area contributed by atoms with E-state index in [0.717, 1.165) is 21.5 Å². The molecule has 0 radical (unpaired) electrons. The number of hydrazone groups is 1. The van der Waals surface area contributed by atoms with E-state index < -0.39 is 0 Å². The summed E-state index contributed by atoms with van der Waals surface area (Å²) in [5.74, 6) is 0.137. The molecule has 1 aliphatic heterocycles. The fourth-order valence-electron chi connectivity index (χ4n) is 4.61. The van der Waals surface area contributed by atoms with Gasteiger partial charge in [-0.1, -0.05) is 58.4 Å². The van der Waals surface area contributed by atoms with Gasteiger partial charge in [-0.3, -0.25) is 9.59 Å². The number of hydrogen-bond donors (Lipinski definition) is 0. The fraction of sp³-hybridized carbons (Fsp3) is 0.261. The van der Waals surface area contributed by atoms with E-state index in [0.29, 0.717) is 17.9 Å². The first kappa shape index (κ1) is 18.3. The predicted octanol–water partition coefficient (Wildman–Crippen LogP) is 4.17. The lowest BCUT2D eigenvalue weighted by molar-refractivity contribution is -0.140. The molecule has 0 N–H and O–H groups in total. The number of rotatable bonds is 5. The Morgan fingerprint density at radius 1 is 1.03 bits per heavy atom. The first-order valence-corrected chi connectivity index (χ1v) is 10.5. The van der Waals surface area contributed by atoms with Crippen LogP contribution in [0.1, 0.15) is 17.5 Å². The summed E-state index contributed by atoms with van der Waals surface area (Å²) in [6.07, 6.45) is 6.60. The number of hydrogen-bond acceptors (Lipinski definition) is 4. The van der Waals surface area contributed by atoms with Crippen LogP contribution in [-0.4, -0.2) is 23.0 Å². The SMILES string of the molecule is O=C1C2C3C=CC(C3)C2C(=O)N1N=Cc1cc(Br)ccc1OCc1ccccc1. The molecule has 2 aliphatic carbocycles. The van der Waals surface area contributed by atoms with Gasteiger partial charge in [-0.2, -0.15) is 10.1 Å². The number of carbonyl (C=O) groups is 2. The first-order valence-electron chi connectivity index (χ1n) is 9.68. The summed E-state index contributed by atoms with van der Waals surface area (Å²) in [5.41, 5.74) is 1.76. The normalized spacial score (nSPS) is 27.3. The number of carbonyl (C=O) groups excluding carboxylic acids is 2. The number of imide groups is 1. The van der Waals surface area contributed by atoms with Crippen LogP contribution in [0.25, 0.3) is 0 Å². The molecule has 146 valence electrons. The molecule has 2 aromatic rings. The van der Waals surface area contributed by atoms with E-state index in [1.807, 2.05) is 48.5 Å². The minimum atomic E-state index is -0.244. The second kappa shape index (κ2) is 7.26. The summed E-state index contributed by atoms with van der Waals surface area (Å²) in [4.78, 5) is 25.6. The Labute approximate surface area is 177 Å². The third-order valence-corrected chi connectivity index (χ3v) is 6.46. The quantitative estimate of drug-likeness (QED) is 0.390. The summed E-state index contributed by atoms with van der Waals surface area (Å²) in [6.45, 7) is 0.421. The highest BCUT2D eigenvalue weighted by atomic mass is 79.9. The zero-order chi connectivity index (χ0) is 20.0. The van der Waals surface area contributed by atoms with Crippen molar-refractivity contribution in [2.75, 3.05) is 0 Å². The Morgan fingerprint density at radius 3 is 2.41 bits per heavy atom. The van der Waals surface area contributed by atoms with E-state index in [1.54, 1.807) is 0 Å². The second-order valence-corrected chi connectivity index (χ2v) is 8.60. The Bertz CT molecular complexity index is 1000. The molecule has 1 saturated heterocycles. The number of allylic oxidation sites excluding steroid dienone is 2. The fourth-order valence-corrected chi connectivity index (χ4v) is 4.99. The van der Waals surface area contributed by atoms with Crippen molar-refractivity contribution in [2.45, 2.75) is 13.0 Å². The van der Waals surface area contributed by atoms with Gasteiger partial charge in [0.05, 0.1) is 18.1 Å². The lowest BCUT2D eigenvalue weighted by Gasteiger charge is -2.13. The Morgan fingerprint density at radius 2 is 1.72 bits per heavy atom. The summed E-state index contributed by atoms with van der Waals surface area (Å²) < 4.78 is 6.82. The molecule has 2 aromatic carbocycles. The number of halogens is 1. The molecule has 4 unspecified atom stereocenters. The Kier molecular flexibility index (Phi) is 4.59. The molecule has 5 rings (SSSR count). The lowest BCUT2D eigenvalue weighted by Crippen LogP contribution is -2.28. The van der Waals surface area contributed by atoms with Crippen LogP contribution in [0.5, 0.6) is 5.75 Å². The number of benzene rings is 2. The van der Waals surface area contributed by atoms with Gasteiger partial charge in [-0.25, -0.2) is 0 Å². The average Bonchev–Trinajstić information content (AvgIpc) is 3.41. The van der Waals surface area contributed by atoms with E-state index >= 15 is 0 Å². The third kappa shape index (κ3) is 3.21. The zero-order valence-electron chi connectivity index (χ0n) is 15.6. The molecule has 1 saturated carbocycles. The average molecular weight is 451 g/mol. The maximum absolute atomic E-state index is 12.8. The smallest absolute Gasteiger partial charge is 0.254 e. The standard InChI is InChI=1S/C23H19BrN2O3/c24-18-8-9-19(29-13-14-4-2-1-3-5-14)17(11-18)12-25-26-22(27)20-15-6-7-16(10-15)21(20)23(26)28/h1-9,11-12,15-16,20-21H,10,13H2. The van der Waals surface area contributed by atoms with Gasteiger partial charge in [-0.15, -0.1) is 0 Å². The van der Waals surface area contributed by atoms with Crippen molar-refractivity contribution < 1.29 is 14.3 Å². The van der Waals surface area contributed by atoms with Crippen LogP contribution in [-0.2, 0) is 16.2 Å². The lowest BCUT2D eigenvalue weighted by atomic mass is 9.85. The van der Waals surface area contributed by atoms with Gasteiger partial charge in [0, 0.05) is 10.0 Å². The summed E-state index contributed by atoms with van der Waals surface area (Å²) >= 11 is 3.46. The van der Waals surface area contributed by atoms with Crippen LogP contribution in [0.15, 0.2) is 70.3 Å². The van der Waals surface area contributed by atoms with E-state index in [4.69, 9.17) is 4.74 Å². The molecule has 4 atom stereocenters. The van der Waals surface area contributed by atoms with Crippen LogP contribution in [0.4, 0.5) is 0 Å². The number of nitrogens with zero attached hydrogens (tertiary/aromatic N) is 2. The van der Waals surface area contributed by atoms with Crippen LogP contribution < -0.4 is 4.74 Å². The van der Waals surface area contributed by atoms with Gasteiger partial charge >= 0.3 is 0 Å². The third-order valence-electron chi connectivity index (χ3n) is 5.97. The van der Waals surface area contributed by atoms with Gasteiger partial charge < -0.3 is 4.74 Å². The van der Waals surface area contributed by atoms with Gasteiger partial charge in [0.25, 0.3) is 11.8 Å². The highest BCUT2D eigenvalue weighted by molar-refractivity contribution is 9.10. The maximum atomic E-state index is 12.8. The predicted molar refractivity (Wildman–Crippen MR) is 112 cm³/mol. The molecule has 3 aliphatic rings.